The van der Waals surface area contributed by atoms with Gasteiger partial charge in [0, 0.05) is 0 Å². The molecule has 0 amide bonds. The highest BCUT2D eigenvalue weighted by Crippen LogP contribution is 2.26. The van der Waals surface area contributed by atoms with Crippen LogP contribution >= 0.6 is 11.6 Å². The summed E-state index contributed by atoms with van der Waals surface area (Å²) in [6.07, 6.45) is 0. The molecule has 0 spiro atoms. The zero-order chi connectivity index (χ0) is 13.9. The minimum atomic E-state index is -3.70. The quantitative estimate of drug-likeness (QED) is 0.824. The third-order valence-electron chi connectivity index (χ3n) is 2.24. The maximum Gasteiger partial charge on any atom is 0.241 e. The Bertz CT molecular complexity index is 658. The molecule has 10 heteroatoms. The monoisotopic (exact) mass is 303 g/mol. The fraction of sp³-hybridized carbons (Fsp3) is 0.222. The second kappa shape index (κ2) is 5.51. The number of rotatable bonds is 5. The zero-order valence-corrected chi connectivity index (χ0v) is 11.4. The topological polar surface area (TPSA) is 110 Å². The SMILES string of the molecule is COc1ccc(S(=O)(=O)NCc2nn[nH]n2)cc1Cl. The number of halogens is 1. The van der Waals surface area contributed by atoms with E-state index >= 15 is 0 Å². The second-order valence-electron chi connectivity index (χ2n) is 3.45. The van der Waals surface area contributed by atoms with Crippen molar-refractivity contribution in [1.82, 2.24) is 25.3 Å². The second-order valence-corrected chi connectivity index (χ2v) is 5.62. The Balaban J connectivity index is 2.17. The number of methoxy groups -OCH3 is 1. The lowest BCUT2D eigenvalue weighted by Gasteiger charge is -2.07. The lowest BCUT2D eigenvalue weighted by molar-refractivity contribution is 0.414. The van der Waals surface area contributed by atoms with Crippen molar-refractivity contribution in [1.29, 1.82) is 0 Å². The van der Waals surface area contributed by atoms with Gasteiger partial charge in [-0.2, -0.15) is 5.21 Å². The van der Waals surface area contributed by atoms with Crippen LogP contribution in [0.5, 0.6) is 5.75 Å². The van der Waals surface area contributed by atoms with Crippen LogP contribution in [-0.4, -0.2) is 36.2 Å². The molecule has 0 unspecified atom stereocenters. The maximum absolute atomic E-state index is 12.0. The fourth-order valence-corrected chi connectivity index (χ4v) is 2.64. The molecule has 0 radical (unpaired) electrons. The lowest BCUT2D eigenvalue weighted by Crippen LogP contribution is -2.23. The summed E-state index contributed by atoms with van der Waals surface area (Å²) in [6, 6.07) is 4.17. The number of tetrazole rings is 1. The maximum atomic E-state index is 12.0. The third-order valence-corrected chi connectivity index (χ3v) is 3.94. The van der Waals surface area contributed by atoms with Gasteiger partial charge in [0.25, 0.3) is 0 Å². The van der Waals surface area contributed by atoms with Crippen LogP contribution in [0.15, 0.2) is 23.1 Å². The van der Waals surface area contributed by atoms with Crippen LogP contribution < -0.4 is 9.46 Å². The van der Waals surface area contributed by atoms with Gasteiger partial charge in [-0.3, -0.25) is 0 Å². The number of H-pyrrole nitrogens is 1. The van der Waals surface area contributed by atoms with Gasteiger partial charge in [0.1, 0.15) is 5.75 Å². The number of nitrogens with one attached hydrogen (secondary N) is 2. The molecule has 0 saturated carbocycles. The molecule has 1 aromatic carbocycles. The molecule has 0 bridgehead atoms. The van der Waals surface area contributed by atoms with Gasteiger partial charge in [-0.15, -0.1) is 10.2 Å². The van der Waals surface area contributed by atoms with Crippen molar-refractivity contribution >= 4 is 21.6 Å². The molecular formula is C9H10ClN5O3S. The largest absolute Gasteiger partial charge is 0.495 e. The number of hydrogen-bond donors (Lipinski definition) is 2. The lowest BCUT2D eigenvalue weighted by atomic mass is 10.3. The van der Waals surface area contributed by atoms with E-state index in [2.05, 4.69) is 25.3 Å². The Hall–Kier alpha value is -1.71. The van der Waals surface area contributed by atoms with Crippen LogP contribution in [0.3, 0.4) is 0 Å². The average molecular weight is 304 g/mol. The summed E-state index contributed by atoms with van der Waals surface area (Å²) in [5, 5.41) is 13.0. The van der Waals surface area contributed by atoms with Crippen LogP contribution in [0.25, 0.3) is 0 Å². The molecule has 0 atom stereocenters. The van der Waals surface area contributed by atoms with E-state index in [1.807, 2.05) is 0 Å². The van der Waals surface area contributed by atoms with Crippen molar-refractivity contribution in [3.8, 4) is 5.75 Å². The molecule has 8 nitrogen and oxygen atoms in total. The third kappa shape index (κ3) is 3.19. The molecule has 0 saturated heterocycles. The highest BCUT2D eigenvalue weighted by Gasteiger charge is 2.16. The van der Waals surface area contributed by atoms with Crippen LogP contribution in [-0.2, 0) is 16.6 Å². The number of ether oxygens (including phenoxy) is 1. The highest BCUT2D eigenvalue weighted by atomic mass is 35.5. The number of aromatic nitrogens is 4. The van der Waals surface area contributed by atoms with Gasteiger partial charge in [-0.25, -0.2) is 13.1 Å². The molecule has 0 aliphatic carbocycles. The van der Waals surface area contributed by atoms with E-state index in [4.69, 9.17) is 16.3 Å². The standard InChI is InChI=1S/C9H10ClN5O3S/c1-18-8-3-2-6(4-7(8)10)19(16,17)11-5-9-12-14-15-13-9/h2-4,11H,5H2,1H3,(H,12,13,14,15). The van der Waals surface area contributed by atoms with Crippen LogP contribution in [0, 0.1) is 0 Å². The van der Waals surface area contributed by atoms with Gasteiger partial charge in [0.05, 0.1) is 23.6 Å². The smallest absolute Gasteiger partial charge is 0.241 e. The molecule has 2 rings (SSSR count). The highest BCUT2D eigenvalue weighted by molar-refractivity contribution is 7.89. The molecule has 1 aromatic heterocycles. The summed E-state index contributed by atoms with van der Waals surface area (Å²) in [4.78, 5) is 0.0294. The predicted octanol–water partition coefficient (Wildman–Crippen LogP) is 0.340. The van der Waals surface area contributed by atoms with E-state index in [0.717, 1.165) is 0 Å². The van der Waals surface area contributed by atoms with E-state index in [0.29, 0.717) is 5.75 Å². The van der Waals surface area contributed by atoms with Gasteiger partial charge in [-0.05, 0) is 18.2 Å². The molecule has 19 heavy (non-hydrogen) atoms. The summed E-state index contributed by atoms with van der Waals surface area (Å²) in [6.45, 7) is -0.0670. The fourth-order valence-electron chi connectivity index (χ4n) is 1.31. The zero-order valence-electron chi connectivity index (χ0n) is 9.79. The summed E-state index contributed by atoms with van der Waals surface area (Å²) < 4.78 is 31.2. The van der Waals surface area contributed by atoms with Crippen LogP contribution in [0.4, 0.5) is 0 Å². The molecule has 0 fully saturated rings. The van der Waals surface area contributed by atoms with Crippen molar-refractivity contribution in [2.45, 2.75) is 11.4 Å². The van der Waals surface area contributed by atoms with Crippen molar-refractivity contribution in [2.24, 2.45) is 0 Å². The number of hydrogen-bond acceptors (Lipinski definition) is 6. The van der Waals surface area contributed by atoms with E-state index in [1.165, 1.54) is 25.3 Å². The average Bonchev–Trinajstić information content (AvgIpc) is 2.89. The van der Waals surface area contributed by atoms with Crippen molar-refractivity contribution < 1.29 is 13.2 Å². The molecule has 102 valence electrons. The van der Waals surface area contributed by atoms with E-state index < -0.39 is 10.0 Å². The first-order valence-corrected chi connectivity index (χ1v) is 6.94. The van der Waals surface area contributed by atoms with E-state index in [1.54, 1.807) is 0 Å². The number of nitrogens with zero attached hydrogens (tertiary/aromatic N) is 3. The molecule has 2 N–H and O–H groups in total. The minimum absolute atomic E-state index is 0.0294. The van der Waals surface area contributed by atoms with Gasteiger partial charge < -0.3 is 4.74 Å². The Kier molecular flexibility index (Phi) is 3.98. The van der Waals surface area contributed by atoms with Gasteiger partial charge in [0.15, 0.2) is 5.82 Å². The summed E-state index contributed by atoms with van der Waals surface area (Å²) >= 11 is 5.88. The Morgan fingerprint density at radius 1 is 1.47 bits per heavy atom. The van der Waals surface area contributed by atoms with E-state index in [-0.39, 0.29) is 22.3 Å². The predicted molar refractivity (Wildman–Crippen MR) is 66.2 cm³/mol. The number of sulfonamides is 1. The number of aromatic amines is 1. The summed E-state index contributed by atoms with van der Waals surface area (Å²) in [5.41, 5.74) is 0. The van der Waals surface area contributed by atoms with Gasteiger partial charge in [0.2, 0.25) is 10.0 Å². The molecule has 0 aliphatic rings. The minimum Gasteiger partial charge on any atom is -0.495 e. The van der Waals surface area contributed by atoms with Crippen molar-refractivity contribution in [3.05, 3.63) is 29.0 Å². The first kappa shape index (κ1) is 13.7. The van der Waals surface area contributed by atoms with Crippen molar-refractivity contribution in [3.63, 3.8) is 0 Å². The van der Waals surface area contributed by atoms with E-state index in [9.17, 15) is 8.42 Å². The Labute approximate surface area is 114 Å². The molecular weight excluding hydrogens is 294 g/mol. The molecule has 2 aromatic rings. The van der Waals surface area contributed by atoms with Crippen LogP contribution in [0.2, 0.25) is 5.02 Å². The van der Waals surface area contributed by atoms with Gasteiger partial charge in [-0.1, -0.05) is 16.8 Å². The van der Waals surface area contributed by atoms with Crippen molar-refractivity contribution in [2.75, 3.05) is 7.11 Å². The van der Waals surface area contributed by atoms with Gasteiger partial charge >= 0.3 is 0 Å². The molecule has 0 aliphatic heterocycles. The Morgan fingerprint density at radius 3 is 2.84 bits per heavy atom. The first-order chi connectivity index (χ1) is 9.03. The normalized spacial score (nSPS) is 11.5. The number of benzene rings is 1. The first-order valence-electron chi connectivity index (χ1n) is 5.08. The summed E-state index contributed by atoms with van der Waals surface area (Å²) in [7, 11) is -2.25. The van der Waals surface area contributed by atoms with Crippen LogP contribution in [0.1, 0.15) is 5.82 Å². The molecule has 1 heterocycles. The Morgan fingerprint density at radius 2 is 2.26 bits per heavy atom. The summed E-state index contributed by atoms with van der Waals surface area (Å²) in [5.74, 6) is 0.641.